The van der Waals surface area contributed by atoms with Crippen molar-refractivity contribution in [3.05, 3.63) is 17.5 Å². The highest BCUT2D eigenvalue weighted by atomic mass is 16.4. The van der Waals surface area contributed by atoms with Crippen LogP contribution in [0.25, 0.3) is 0 Å². The molecule has 0 aromatic carbocycles. The molecule has 0 bridgehead atoms. The molecule has 0 unspecified atom stereocenters. The van der Waals surface area contributed by atoms with Gasteiger partial charge in [-0.1, -0.05) is 0 Å². The van der Waals surface area contributed by atoms with Gasteiger partial charge in [0.05, 0.1) is 0 Å². The molecular formula is C12H9N3O12. The molecule has 0 aliphatic rings. The maximum Gasteiger partial charge on any atom is 0.325 e. The van der Waals surface area contributed by atoms with Gasteiger partial charge >= 0.3 is 35.8 Å². The molecule has 6 N–H and O–H groups in total. The van der Waals surface area contributed by atoms with Crippen LogP contribution in [-0.4, -0.2) is 81.4 Å². The summed E-state index contributed by atoms with van der Waals surface area (Å²) in [6.07, 6.45) is 0. The van der Waals surface area contributed by atoms with Gasteiger partial charge in [0.25, 0.3) is 0 Å². The predicted octanol–water partition coefficient (Wildman–Crippen LogP) is -2.37. The number of carbonyl (C=O) groups is 6. The Bertz CT molecular complexity index is 686. The van der Waals surface area contributed by atoms with Crippen LogP contribution in [-0.2, 0) is 28.8 Å². The van der Waals surface area contributed by atoms with Crippen LogP contribution in [0.1, 0.15) is 35.2 Å². The summed E-state index contributed by atoms with van der Waals surface area (Å²) in [5.74, 6) is -23.8. The van der Waals surface area contributed by atoms with E-state index in [1.54, 1.807) is 0 Å². The molecule has 0 saturated carbocycles. The van der Waals surface area contributed by atoms with E-state index in [-0.39, 0.29) is 0 Å². The Labute approximate surface area is 146 Å². The first-order chi connectivity index (χ1) is 12.4. The molecule has 1 heterocycles. The average Bonchev–Trinajstić information content (AvgIpc) is 2.44. The van der Waals surface area contributed by atoms with E-state index in [1.165, 1.54) is 0 Å². The smallest absolute Gasteiger partial charge is 0.325 e. The molecular weight excluding hydrogens is 378 g/mol. The number of rotatable bonds is 9. The Morgan fingerprint density at radius 2 is 0.593 bits per heavy atom. The number of aromatic nitrogens is 3. The fourth-order valence-electron chi connectivity index (χ4n) is 1.79. The molecule has 1 aromatic rings. The molecule has 0 aliphatic heterocycles. The van der Waals surface area contributed by atoms with Gasteiger partial charge in [-0.2, -0.15) is 0 Å². The molecule has 144 valence electrons. The van der Waals surface area contributed by atoms with Crippen molar-refractivity contribution in [1.82, 2.24) is 15.0 Å². The summed E-state index contributed by atoms with van der Waals surface area (Å²) in [6, 6.07) is 0. The van der Waals surface area contributed by atoms with Crippen LogP contribution < -0.4 is 0 Å². The first-order valence-corrected chi connectivity index (χ1v) is 6.51. The monoisotopic (exact) mass is 387 g/mol. The molecule has 0 fully saturated rings. The van der Waals surface area contributed by atoms with Crippen molar-refractivity contribution in [2.24, 2.45) is 0 Å². The Morgan fingerprint density at radius 3 is 0.704 bits per heavy atom. The molecule has 0 radical (unpaired) electrons. The number of nitrogens with zero attached hydrogens (tertiary/aromatic N) is 3. The minimum atomic E-state index is -2.57. The van der Waals surface area contributed by atoms with Crippen LogP contribution in [0.3, 0.4) is 0 Å². The minimum absolute atomic E-state index is 1.24. The lowest BCUT2D eigenvalue weighted by molar-refractivity contribution is -0.151. The van der Waals surface area contributed by atoms with Crippen LogP contribution in [0.15, 0.2) is 0 Å². The van der Waals surface area contributed by atoms with Crippen molar-refractivity contribution >= 4 is 35.8 Å². The SMILES string of the molecule is O=C(O)C(C(=O)O)c1nc(C(C(=O)O)C(=O)O)nc(C(C(=O)O)C(=O)O)n1. The van der Waals surface area contributed by atoms with Gasteiger partial charge in [-0.15, -0.1) is 0 Å². The highest BCUT2D eigenvalue weighted by Crippen LogP contribution is 2.21. The van der Waals surface area contributed by atoms with E-state index < -0.39 is 71.0 Å². The molecule has 15 heteroatoms. The van der Waals surface area contributed by atoms with E-state index in [4.69, 9.17) is 30.6 Å². The maximum absolute atomic E-state index is 11.1. The van der Waals surface area contributed by atoms with Crippen LogP contribution in [0, 0.1) is 0 Å². The number of hydrogen-bond donors (Lipinski definition) is 6. The Morgan fingerprint density at radius 1 is 0.444 bits per heavy atom. The summed E-state index contributed by atoms with van der Waals surface area (Å²) in [5.41, 5.74) is 0. The summed E-state index contributed by atoms with van der Waals surface area (Å²) in [5, 5.41) is 53.7. The largest absolute Gasteiger partial charge is 0.480 e. The van der Waals surface area contributed by atoms with Gasteiger partial charge in [0, 0.05) is 0 Å². The van der Waals surface area contributed by atoms with Crippen LogP contribution >= 0.6 is 0 Å². The molecule has 0 amide bonds. The minimum Gasteiger partial charge on any atom is -0.480 e. The van der Waals surface area contributed by atoms with Gasteiger partial charge in [-0.3, -0.25) is 28.8 Å². The first-order valence-electron chi connectivity index (χ1n) is 6.51. The number of carboxylic acids is 6. The zero-order valence-corrected chi connectivity index (χ0v) is 12.7. The Kier molecular flexibility index (Phi) is 6.04. The molecule has 15 nitrogen and oxygen atoms in total. The van der Waals surface area contributed by atoms with Crippen LogP contribution in [0.4, 0.5) is 0 Å². The van der Waals surface area contributed by atoms with Crippen LogP contribution in [0.5, 0.6) is 0 Å². The predicted molar refractivity (Wildman–Crippen MR) is 73.9 cm³/mol. The molecule has 0 aliphatic carbocycles. The van der Waals surface area contributed by atoms with E-state index in [0.29, 0.717) is 0 Å². The topological polar surface area (TPSA) is 262 Å². The van der Waals surface area contributed by atoms with Gasteiger partial charge in [-0.25, -0.2) is 15.0 Å². The fraction of sp³-hybridized carbons (Fsp3) is 0.250. The zero-order valence-electron chi connectivity index (χ0n) is 12.7. The van der Waals surface area contributed by atoms with Gasteiger partial charge in [-0.05, 0) is 0 Å². The van der Waals surface area contributed by atoms with Crippen molar-refractivity contribution in [1.29, 1.82) is 0 Å². The third-order valence-electron chi connectivity index (χ3n) is 2.94. The molecule has 27 heavy (non-hydrogen) atoms. The van der Waals surface area contributed by atoms with Gasteiger partial charge in [0.15, 0.2) is 17.5 Å². The highest BCUT2D eigenvalue weighted by molar-refractivity contribution is 6.00. The van der Waals surface area contributed by atoms with E-state index >= 15 is 0 Å². The second-order valence-corrected chi connectivity index (χ2v) is 4.74. The maximum atomic E-state index is 11.1. The number of hydrogen-bond acceptors (Lipinski definition) is 9. The van der Waals surface area contributed by atoms with Crippen molar-refractivity contribution in [2.75, 3.05) is 0 Å². The van der Waals surface area contributed by atoms with E-state index in [2.05, 4.69) is 15.0 Å². The van der Waals surface area contributed by atoms with Crippen LogP contribution in [0.2, 0.25) is 0 Å². The standard InChI is InChI=1S/C12H9N3O12/c16-7(17)1(8(18)19)4-13-5(2(9(20)21)10(22)23)15-6(14-4)3(11(24)25)12(26)27/h1-3H,(H,16,17)(H,18,19)(H,20,21)(H,22,23)(H,24,25)(H,26,27). The molecule has 0 atom stereocenters. The van der Waals surface area contributed by atoms with Gasteiger partial charge in [0.2, 0.25) is 17.8 Å². The van der Waals surface area contributed by atoms with Crippen molar-refractivity contribution < 1.29 is 59.4 Å². The zero-order chi connectivity index (χ0) is 21.0. The normalized spacial score (nSPS) is 10.8. The van der Waals surface area contributed by atoms with E-state index in [9.17, 15) is 28.8 Å². The Balaban J connectivity index is 3.84. The second kappa shape index (κ2) is 7.81. The molecule has 1 rings (SSSR count). The molecule has 0 spiro atoms. The highest BCUT2D eigenvalue weighted by Gasteiger charge is 2.39. The third-order valence-corrected chi connectivity index (χ3v) is 2.94. The van der Waals surface area contributed by atoms with E-state index in [0.717, 1.165) is 0 Å². The second-order valence-electron chi connectivity index (χ2n) is 4.74. The summed E-state index contributed by atoms with van der Waals surface area (Å²) < 4.78 is 0. The van der Waals surface area contributed by atoms with Gasteiger partial charge < -0.3 is 30.6 Å². The summed E-state index contributed by atoms with van der Waals surface area (Å²) in [6.45, 7) is 0. The lowest BCUT2D eigenvalue weighted by Crippen LogP contribution is -2.31. The van der Waals surface area contributed by atoms with Crippen molar-refractivity contribution in [3.63, 3.8) is 0 Å². The fourth-order valence-corrected chi connectivity index (χ4v) is 1.79. The van der Waals surface area contributed by atoms with Crippen molar-refractivity contribution in [2.45, 2.75) is 17.8 Å². The first kappa shape index (κ1) is 20.9. The number of carboxylic acid groups (broad SMARTS) is 6. The summed E-state index contributed by atoms with van der Waals surface area (Å²) in [4.78, 5) is 76.1. The van der Waals surface area contributed by atoms with Crippen molar-refractivity contribution in [3.8, 4) is 0 Å². The Hall–Kier alpha value is -4.17. The summed E-state index contributed by atoms with van der Waals surface area (Å²) >= 11 is 0. The molecule has 1 aromatic heterocycles. The molecule has 0 saturated heterocycles. The lowest BCUT2D eigenvalue weighted by atomic mass is 10.1. The third kappa shape index (κ3) is 4.47. The average molecular weight is 387 g/mol. The van der Waals surface area contributed by atoms with E-state index in [1.807, 2.05) is 0 Å². The lowest BCUT2D eigenvalue weighted by Gasteiger charge is -2.14. The van der Waals surface area contributed by atoms with Gasteiger partial charge in [0.1, 0.15) is 0 Å². The quantitative estimate of drug-likeness (QED) is 0.242. The summed E-state index contributed by atoms with van der Waals surface area (Å²) in [7, 11) is 0. The number of aliphatic carboxylic acids is 6.